The predicted octanol–water partition coefficient (Wildman–Crippen LogP) is 2.37. The maximum atomic E-state index is 9.95. The fourth-order valence-electron chi connectivity index (χ4n) is 1.22. The second kappa shape index (κ2) is 5.13. The van der Waals surface area contributed by atoms with Crippen LogP contribution in [-0.4, -0.2) is 35.7 Å². The van der Waals surface area contributed by atoms with E-state index in [2.05, 4.69) is 53.5 Å². The van der Waals surface area contributed by atoms with Crippen LogP contribution in [0.3, 0.4) is 0 Å². The molecule has 0 fully saturated rings. The highest BCUT2D eigenvalue weighted by molar-refractivity contribution is 4.78. The molecule has 0 saturated carbocycles. The zero-order valence-corrected chi connectivity index (χ0v) is 10.8. The molecule has 2 atom stereocenters. The van der Waals surface area contributed by atoms with E-state index >= 15 is 0 Å². The SMILES string of the molecule is CC(C)C(C)N(C)CC(O)C(C)(C)C. The summed E-state index contributed by atoms with van der Waals surface area (Å²) in [6.07, 6.45) is -0.256. The summed E-state index contributed by atoms with van der Waals surface area (Å²) in [4.78, 5) is 2.24. The van der Waals surface area contributed by atoms with Crippen molar-refractivity contribution in [3.8, 4) is 0 Å². The molecule has 0 spiro atoms. The van der Waals surface area contributed by atoms with E-state index in [0.29, 0.717) is 12.0 Å². The molecule has 0 aromatic heterocycles. The molecule has 0 aliphatic rings. The van der Waals surface area contributed by atoms with Gasteiger partial charge in [-0.2, -0.15) is 0 Å². The van der Waals surface area contributed by atoms with Gasteiger partial charge in [-0.15, -0.1) is 0 Å². The molecule has 0 heterocycles. The minimum absolute atomic E-state index is 0.0229. The average Bonchev–Trinajstić information content (AvgIpc) is 2.00. The summed E-state index contributed by atoms with van der Waals surface area (Å²) in [6.45, 7) is 13.6. The van der Waals surface area contributed by atoms with Crippen molar-refractivity contribution >= 4 is 0 Å². The molecule has 14 heavy (non-hydrogen) atoms. The molecule has 2 unspecified atom stereocenters. The monoisotopic (exact) mass is 201 g/mol. The Morgan fingerprint density at radius 3 is 1.86 bits per heavy atom. The minimum atomic E-state index is -0.256. The third kappa shape index (κ3) is 4.43. The molecule has 0 saturated heterocycles. The normalized spacial score (nSPS) is 17.6. The molecule has 0 aromatic rings. The van der Waals surface area contributed by atoms with Crippen LogP contribution in [0.5, 0.6) is 0 Å². The van der Waals surface area contributed by atoms with Crippen molar-refractivity contribution in [2.75, 3.05) is 13.6 Å². The molecule has 0 bridgehead atoms. The highest BCUT2D eigenvalue weighted by Crippen LogP contribution is 2.20. The van der Waals surface area contributed by atoms with Gasteiger partial charge in [0.2, 0.25) is 0 Å². The van der Waals surface area contributed by atoms with E-state index in [1.807, 2.05) is 0 Å². The fraction of sp³-hybridized carbons (Fsp3) is 1.00. The standard InChI is InChI=1S/C12H27NO/c1-9(2)10(3)13(7)8-11(14)12(4,5)6/h9-11,14H,8H2,1-7H3. The first kappa shape index (κ1) is 13.9. The zero-order valence-electron chi connectivity index (χ0n) is 10.8. The topological polar surface area (TPSA) is 23.5 Å². The van der Waals surface area contributed by atoms with E-state index < -0.39 is 0 Å². The lowest BCUT2D eigenvalue weighted by molar-refractivity contribution is 0.0210. The number of hydrogen-bond donors (Lipinski definition) is 1. The molecular formula is C12H27NO. The molecule has 86 valence electrons. The summed E-state index contributed by atoms with van der Waals surface area (Å²) in [6, 6.07) is 0.520. The molecule has 0 aliphatic carbocycles. The van der Waals surface area contributed by atoms with Crippen LogP contribution in [-0.2, 0) is 0 Å². The Balaban J connectivity index is 4.12. The molecule has 1 N–H and O–H groups in total. The molecule has 0 rings (SSSR count). The van der Waals surface area contributed by atoms with Gasteiger partial charge in [-0.3, -0.25) is 0 Å². The van der Waals surface area contributed by atoms with Crippen molar-refractivity contribution < 1.29 is 5.11 Å². The van der Waals surface area contributed by atoms with E-state index in [4.69, 9.17) is 0 Å². The Hall–Kier alpha value is -0.0800. The van der Waals surface area contributed by atoms with Crippen LogP contribution in [0.15, 0.2) is 0 Å². The van der Waals surface area contributed by atoms with Gasteiger partial charge in [-0.1, -0.05) is 34.6 Å². The number of aliphatic hydroxyl groups is 1. The Morgan fingerprint density at radius 2 is 1.57 bits per heavy atom. The lowest BCUT2D eigenvalue weighted by atomic mass is 9.88. The van der Waals surface area contributed by atoms with Gasteiger partial charge in [-0.25, -0.2) is 0 Å². The summed E-state index contributed by atoms with van der Waals surface area (Å²) < 4.78 is 0. The van der Waals surface area contributed by atoms with E-state index in [1.165, 1.54) is 0 Å². The second-order valence-electron chi connectivity index (χ2n) is 5.81. The minimum Gasteiger partial charge on any atom is -0.391 e. The largest absolute Gasteiger partial charge is 0.391 e. The maximum absolute atomic E-state index is 9.95. The number of nitrogens with zero attached hydrogens (tertiary/aromatic N) is 1. The van der Waals surface area contributed by atoms with E-state index in [9.17, 15) is 5.11 Å². The molecule has 0 aromatic carbocycles. The van der Waals surface area contributed by atoms with Crippen LogP contribution >= 0.6 is 0 Å². The molecular weight excluding hydrogens is 174 g/mol. The average molecular weight is 201 g/mol. The first-order chi connectivity index (χ1) is 6.16. The molecule has 0 amide bonds. The van der Waals surface area contributed by atoms with Crippen molar-refractivity contribution in [3.05, 3.63) is 0 Å². The van der Waals surface area contributed by atoms with Crippen molar-refractivity contribution in [2.45, 2.75) is 53.7 Å². The van der Waals surface area contributed by atoms with E-state index in [-0.39, 0.29) is 11.5 Å². The Bertz CT molecular complexity index is 160. The highest BCUT2D eigenvalue weighted by Gasteiger charge is 2.25. The van der Waals surface area contributed by atoms with Crippen molar-refractivity contribution in [3.63, 3.8) is 0 Å². The first-order valence-electron chi connectivity index (χ1n) is 5.54. The molecule has 2 nitrogen and oxygen atoms in total. The fourth-order valence-corrected chi connectivity index (χ4v) is 1.22. The third-order valence-electron chi connectivity index (χ3n) is 3.12. The summed E-state index contributed by atoms with van der Waals surface area (Å²) in [5.41, 5.74) is -0.0229. The van der Waals surface area contributed by atoms with Gasteiger partial charge in [0.15, 0.2) is 0 Å². The summed E-state index contributed by atoms with van der Waals surface area (Å²) >= 11 is 0. The van der Waals surface area contributed by atoms with Gasteiger partial charge in [0.25, 0.3) is 0 Å². The van der Waals surface area contributed by atoms with Gasteiger partial charge < -0.3 is 10.0 Å². The van der Waals surface area contributed by atoms with Gasteiger partial charge in [-0.05, 0) is 25.3 Å². The maximum Gasteiger partial charge on any atom is 0.0715 e. The van der Waals surface area contributed by atoms with Crippen LogP contribution in [0, 0.1) is 11.3 Å². The third-order valence-corrected chi connectivity index (χ3v) is 3.12. The summed E-state index contributed by atoms with van der Waals surface area (Å²) in [5.74, 6) is 0.632. The second-order valence-corrected chi connectivity index (χ2v) is 5.81. The number of aliphatic hydroxyl groups excluding tert-OH is 1. The zero-order chi connectivity index (χ0) is 11.5. The quantitative estimate of drug-likeness (QED) is 0.755. The Kier molecular flexibility index (Phi) is 5.10. The number of likely N-dealkylation sites (N-methyl/N-ethyl adjacent to an activating group) is 1. The van der Waals surface area contributed by atoms with E-state index in [0.717, 1.165) is 6.54 Å². The van der Waals surface area contributed by atoms with Gasteiger partial charge in [0.05, 0.1) is 6.10 Å². The molecule has 0 aliphatic heterocycles. The summed E-state index contributed by atoms with van der Waals surface area (Å²) in [7, 11) is 2.08. The van der Waals surface area contributed by atoms with Crippen LogP contribution in [0.1, 0.15) is 41.5 Å². The first-order valence-corrected chi connectivity index (χ1v) is 5.54. The predicted molar refractivity (Wildman–Crippen MR) is 62.4 cm³/mol. The lowest BCUT2D eigenvalue weighted by Crippen LogP contribution is -2.43. The smallest absolute Gasteiger partial charge is 0.0715 e. The van der Waals surface area contributed by atoms with Crippen LogP contribution < -0.4 is 0 Å². The lowest BCUT2D eigenvalue weighted by Gasteiger charge is -2.34. The van der Waals surface area contributed by atoms with Crippen LogP contribution in [0.2, 0.25) is 0 Å². The van der Waals surface area contributed by atoms with Gasteiger partial charge in [0.1, 0.15) is 0 Å². The number of rotatable bonds is 4. The van der Waals surface area contributed by atoms with Crippen molar-refractivity contribution in [1.29, 1.82) is 0 Å². The van der Waals surface area contributed by atoms with Crippen molar-refractivity contribution in [2.24, 2.45) is 11.3 Å². The van der Waals surface area contributed by atoms with Crippen LogP contribution in [0.25, 0.3) is 0 Å². The van der Waals surface area contributed by atoms with Gasteiger partial charge in [0, 0.05) is 12.6 Å². The summed E-state index contributed by atoms with van der Waals surface area (Å²) in [5, 5.41) is 9.95. The molecule has 0 radical (unpaired) electrons. The van der Waals surface area contributed by atoms with E-state index in [1.54, 1.807) is 0 Å². The van der Waals surface area contributed by atoms with Crippen LogP contribution in [0.4, 0.5) is 0 Å². The van der Waals surface area contributed by atoms with Crippen molar-refractivity contribution in [1.82, 2.24) is 4.90 Å². The highest BCUT2D eigenvalue weighted by atomic mass is 16.3. The number of hydrogen-bond acceptors (Lipinski definition) is 2. The van der Waals surface area contributed by atoms with Gasteiger partial charge >= 0.3 is 0 Å². The Morgan fingerprint density at radius 1 is 1.14 bits per heavy atom. The Labute approximate surface area is 89.3 Å². The molecule has 2 heteroatoms.